The van der Waals surface area contributed by atoms with Gasteiger partial charge in [-0.05, 0) is 13.3 Å². The zero-order valence-electron chi connectivity index (χ0n) is 6.24. The van der Waals surface area contributed by atoms with Gasteiger partial charge in [-0.2, -0.15) is 0 Å². The maximum Gasteiger partial charge on any atom is 0.129 e. The van der Waals surface area contributed by atoms with E-state index >= 15 is 0 Å². The van der Waals surface area contributed by atoms with E-state index in [-0.39, 0.29) is 11.6 Å². The van der Waals surface area contributed by atoms with Gasteiger partial charge in [-0.1, -0.05) is 13.3 Å². The lowest BCUT2D eigenvalue weighted by Gasteiger charge is -1.86. The Balaban J connectivity index is -0.000000180. The van der Waals surface area contributed by atoms with Crippen LogP contribution in [0.4, 0.5) is 0 Å². The van der Waals surface area contributed by atoms with Crippen LogP contribution in [0.2, 0.25) is 0 Å². The van der Waals surface area contributed by atoms with E-state index in [9.17, 15) is 4.79 Å². The molecule has 0 aromatic carbocycles. The van der Waals surface area contributed by atoms with Crippen molar-refractivity contribution in [3.05, 3.63) is 0 Å². The number of ketones is 1. The molecule has 0 aromatic rings. The van der Waals surface area contributed by atoms with Crippen molar-refractivity contribution in [3.63, 3.8) is 0 Å². The molecule has 0 bridgehead atoms. The molecule has 0 rings (SSSR count). The van der Waals surface area contributed by atoms with Crippen LogP contribution in [-0.2, 0) is 4.79 Å². The Morgan fingerprint density at radius 1 is 1.44 bits per heavy atom. The lowest BCUT2D eigenvalue weighted by Crippen LogP contribution is -1.86. The third kappa shape index (κ3) is 18.4. The van der Waals surface area contributed by atoms with Crippen molar-refractivity contribution in [2.45, 2.75) is 33.1 Å². The Kier molecular flexibility index (Phi) is 18.6. The molecular formula is C6H17NO2. The molecule has 0 aliphatic carbocycles. The molecule has 0 saturated heterocycles. The van der Waals surface area contributed by atoms with Crippen LogP contribution in [0.3, 0.4) is 0 Å². The summed E-state index contributed by atoms with van der Waals surface area (Å²) in [7, 11) is 0. The summed E-state index contributed by atoms with van der Waals surface area (Å²) in [4.78, 5) is 10.2. The first-order valence-corrected chi connectivity index (χ1v) is 2.76. The van der Waals surface area contributed by atoms with E-state index in [4.69, 9.17) is 0 Å². The molecular weight excluding hydrogens is 118 g/mol. The van der Waals surface area contributed by atoms with E-state index < -0.39 is 0 Å². The van der Waals surface area contributed by atoms with Gasteiger partial charge in [-0.3, -0.25) is 0 Å². The summed E-state index contributed by atoms with van der Waals surface area (Å²) < 4.78 is 0. The van der Waals surface area contributed by atoms with Gasteiger partial charge in [0.15, 0.2) is 0 Å². The number of unbranched alkanes of at least 4 members (excludes halogenated alkanes) is 1. The van der Waals surface area contributed by atoms with Gasteiger partial charge < -0.3 is 16.4 Å². The zero-order valence-corrected chi connectivity index (χ0v) is 6.24. The fraction of sp³-hybridized carbons (Fsp3) is 0.833. The second kappa shape index (κ2) is 10.5. The molecule has 0 spiro atoms. The number of hydrogen-bond acceptors (Lipinski definition) is 2. The first kappa shape index (κ1) is 15.8. The standard InChI is InChI=1S/C6H12O.H3N.H2O/c1-3-4-5-6(2)7;;/h3-5H2,1-2H3;1H3;1H2. The minimum absolute atomic E-state index is 0. The largest absolute Gasteiger partial charge is 0.412 e. The highest BCUT2D eigenvalue weighted by Gasteiger charge is 1.87. The van der Waals surface area contributed by atoms with E-state index in [1.165, 1.54) is 0 Å². The highest BCUT2D eigenvalue weighted by atomic mass is 16.1. The van der Waals surface area contributed by atoms with Gasteiger partial charge in [0.2, 0.25) is 0 Å². The molecule has 0 unspecified atom stereocenters. The summed E-state index contributed by atoms with van der Waals surface area (Å²) in [6, 6.07) is 0. The fourth-order valence-electron chi connectivity index (χ4n) is 0.426. The minimum atomic E-state index is 0. The number of hydrogen-bond donors (Lipinski definition) is 1. The van der Waals surface area contributed by atoms with Crippen LogP contribution in [0.15, 0.2) is 0 Å². The number of Topliss-reactive ketones (excluding diaryl/α,β-unsaturated/α-hetero) is 1. The van der Waals surface area contributed by atoms with Gasteiger partial charge in [-0.25, -0.2) is 0 Å². The van der Waals surface area contributed by atoms with Gasteiger partial charge in [0.25, 0.3) is 0 Å². The monoisotopic (exact) mass is 135 g/mol. The topological polar surface area (TPSA) is 83.6 Å². The SMILES string of the molecule is CCCCC(C)=O.N.O. The lowest BCUT2D eigenvalue weighted by molar-refractivity contribution is -0.117. The summed E-state index contributed by atoms with van der Waals surface area (Å²) in [5.41, 5.74) is 0. The molecule has 58 valence electrons. The average molecular weight is 135 g/mol. The van der Waals surface area contributed by atoms with Gasteiger partial charge >= 0.3 is 0 Å². The second-order valence-electron chi connectivity index (χ2n) is 1.81. The van der Waals surface area contributed by atoms with Crippen molar-refractivity contribution in [2.75, 3.05) is 0 Å². The van der Waals surface area contributed by atoms with Gasteiger partial charge in [0.1, 0.15) is 5.78 Å². The maximum atomic E-state index is 10.2. The van der Waals surface area contributed by atoms with Gasteiger partial charge in [0, 0.05) is 6.42 Å². The van der Waals surface area contributed by atoms with Crippen molar-refractivity contribution in [1.29, 1.82) is 0 Å². The molecule has 9 heavy (non-hydrogen) atoms. The summed E-state index contributed by atoms with van der Waals surface area (Å²) in [6.45, 7) is 3.72. The molecule has 0 radical (unpaired) electrons. The first-order valence-electron chi connectivity index (χ1n) is 2.76. The van der Waals surface area contributed by atoms with Crippen LogP contribution in [0.25, 0.3) is 0 Å². The molecule has 0 atom stereocenters. The molecule has 0 fully saturated rings. The van der Waals surface area contributed by atoms with E-state index in [0.717, 1.165) is 19.3 Å². The van der Waals surface area contributed by atoms with E-state index in [1.807, 2.05) is 0 Å². The van der Waals surface area contributed by atoms with Crippen LogP contribution >= 0.6 is 0 Å². The first-order chi connectivity index (χ1) is 3.27. The minimum Gasteiger partial charge on any atom is -0.412 e. The summed E-state index contributed by atoms with van der Waals surface area (Å²) in [6.07, 6.45) is 2.94. The Morgan fingerprint density at radius 3 is 2.00 bits per heavy atom. The average Bonchev–Trinajstić information content (AvgIpc) is 1.61. The number of carbonyl (C=O) groups is 1. The predicted molar refractivity (Wildman–Crippen MR) is 38.8 cm³/mol. The summed E-state index contributed by atoms with van der Waals surface area (Å²) in [5, 5.41) is 0. The lowest BCUT2D eigenvalue weighted by atomic mass is 10.2. The zero-order chi connectivity index (χ0) is 5.70. The molecule has 0 saturated carbocycles. The van der Waals surface area contributed by atoms with Crippen molar-refractivity contribution < 1.29 is 10.3 Å². The molecule has 0 heterocycles. The molecule has 0 aliphatic rings. The van der Waals surface area contributed by atoms with Crippen LogP contribution in [-0.4, -0.2) is 11.3 Å². The van der Waals surface area contributed by atoms with E-state index in [2.05, 4.69) is 6.92 Å². The van der Waals surface area contributed by atoms with E-state index in [0.29, 0.717) is 5.78 Å². The summed E-state index contributed by atoms with van der Waals surface area (Å²) >= 11 is 0. The molecule has 5 N–H and O–H groups in total. The van der Waals surface area contributed by atoms with Crippen molar-refractivity contribution in [1.82, 2.24) is 6.15 Å². The van der Waals surface area contributed by atoms with Crippen molar-refractivity contribution >= 4 is 5.78 Å². The Bertz CT molecular complexity index is 64.1. The fourth-order valence-corrected chi connectivity index (χ4v) is 0.426. The predicted octanol–water partition coefficient (Wildman–Crippen LogP) is 1.10. The van der Waals surface area contributed by atoms with Crippen LogP contribution in [0.5, 0.6) is 0 Å². The van der Waals surface area contributed by atoms with Crippen LogP contribution in [0, 0.1) is 0 Å². The second-order valence-corrected chi connectivity index (χ2v) is 1.81. The summed E-state index contributed by atoms with van der Waals surface area (Å²) in [5.74, 6) is 0.307. The van der Waals surface area contributed by atoms with Crippen molar-refractivity contribution in [2.24, 2.45) is 0 Å². The molecule has 3 heteroatoms. The van der Waals surface area contributed by atoms with Crippen LogP contribution in [0.1, 0.15) is 33.1 Å². The normalized spacial score (nSPS) is 6.89. The highest BCUT2D eigenvalue weighted by molar-refractivity contribution is 5.75. The third-order valence-electron chi connectivity index (χ3n) is 0.882. The van der Waals surface area contributed by atoms with Crippen LogP contribution < -0.4 is 6.15 Å². The quantitative estimate of drug-likeness (QED) is 0.628. The Labute approximate surface area is 56.3 Å². The van der Waals surface area contributed by atoms with E-state index in [1.54, 1.807) is 6.92 Å². The third-order valence-corrected chi connectivity index (χ3v) is 0.882. The molecule has 3 nitrogen and oxygen atoms in total. The van der Waals surface area contributed by atoms with Crippen molar-refractivity contribution in [3.8, 4) is 0 Å². The number of rotatable bonds is 3. The molecule has 0 aromatic heterocycles. The smallest absolute Gasteiger partial charge is 0.129 e. The maximum absolute atomic E-state index is 10.2. The van der Waals surface area contributed by atoms with Gasteiger partial charge in [0.05, 0.1) is 0 Å². The Morgan fingerprint density at radius 2 is 1.89 bits per heavy atom. The van der Waals surface area contributed by atoms with Gasteiger partial charge in [-0.15, -0.1) is 0 Å². The molecule has 0 aliphatic heterocycles. The Hall–Kier alpha value is -0.410. The molecule has 0 amide bonds. The highest BCUT2D eigenvalue weighted by Crippen LogP contribution is 1.92. The number of carbonyl (C=O) groups excluding carboxylic acids is 1.